The van der Waals surface area contributed by atoms with Crippen molar-refractivity contribution in [2.45, 2.75) is 33.2 Å². The molecule has 1 atom stereocenters. The van der Waals surface area contributed by atoms with E-state index in [1.54, 1.807) is 24.9 Å². The maximum Gasteiger partial charge on any atom is 0.255 e. The first kappa shape index (κ1) is 13.6. The fourth-order valence-electron chi connectivity index (χ4n) is 1.59. The molecule has 2 N–H and O–H groups in total. The van der Waals surface area contributed by atoms with Gasteiger partial charge in [0, 0.05) is 13.1 Å². The highest BCUT2D eigenvalue weighted by Gasteiger charge is 2.19. The molecule has 1 aromatic heterocycles. The molecule has 0 saturated heterocycles. The minimum absolute atomic E-state index is 0.0264. The van der Waals surface area contributed by atoms with Gasteiger partial charge in [0.25, 0.3) is 5.91 Å². The molecule has 5 heteroatoms. The Hall–Kier alpha value is -1.49. The van der Waals surface area contributed by atoms with Gasteiger partial charge in [-0.1, -0.05) is 0 Å². The van der Waals surface area contributed by atoms with E-state index in [-0.39, 0.29) is 11.9 Å². The van der Waals surface area contributed by atoms with Crippen LogP contribution in [0.4, 0.5) is 0 Å². The second-order valence-corrected chi connectivity index (χ2v) is 4.33. The summed E-state index contributed by atoms with van der Waals surface area (Å²) < 4.78 is 0. The van der Waals surface area contributed by atoms with Gasteiger partial charge in [-0.25, -0.2) is 0 Å². The van der Waals surface area contributed by atoms with Crippen molar-refractivity contribution in [1.82, 2.24) is 15.1 Å². The molecule has 1 amide bonds. The van der Waals surface area contributed by atoms with Crippen LogP contribution in [-0.2, 0) is 0 Å². The van der Waals surface area contributed by atoms with Gasteiger partial charge in [0.15, 0.2) is 0 Å². The zero-order chi connectivity index (χ0) is 13.0. The summed E-state index contributed by atoms with van der Waals surface area (Å²) >= 11 is 0. The highest BCUT2D eigenvalue weighted by atomic mass is 16.2. The fraction of sp³-hybridized carbons (Fsp3) is 0.583. The molecule has 0 aliphatic heterocycles. The fourth-order valence-corrected chi connectivity index (χ4v) is 1.59. The summed E-state index contributed by atoms with van der Waals surface area (Å²) in [6.45, 7) is 6.18. The van der Waals surface area contributed by atoms with Gasteiger partial charge in [0.05, 0.1) is 17.0 Å². The molecule has 0 aromatic carbocycles. The molecular formula is C12H20N4O. The predicted molar refractivity (Wildman–Crippen MR) is 66.7 cm³/mol. The minimum atomic E-state index is -0.0264. The average molecular weight is 236 g/mol. The molecule has 0 bridgehead atoms. The lowest BCUT2D eigenvalue weighted by atomic mass is 10.1. The van der Waals surface area contributed by atoms with E-state index in [2.05, 4.69) is 10.2 Å². The lowest BCUT2D eigenvalue weighted by Gasteiger charge is -2.25. The molecule has 1 rings (SSSR count). The van der Waals surface area contributed by atoms with Crippen LogP contribution in [0.25, 0.3) is 0 Å². The summed E-state index contributed by atoms with van der Waals surface area (Å²) in [7, 11) is 1.79. The quantitative estimate of drug-likeness (QED) is 0.843. The Labute approximate surface area is 102 Å². The van der Waals surface area contributed by atoms with E-state index >= 15 is 0 Å². The number of rotatable bonds is 4. The maximum atomic E-state index is 12.3. The monoisotopic (exact) mass is 236 g/mol. The van der Waals surface area contributed by atoms with E-state index in [0.717, 1.165) is 12.1 Å². The smallest absolute Gasteiger partial charge is 0.255 e. The van der Waals surface area contributed by atoms with Gasteiger partial charge in [-0.15, -0.1) is 0 Å². The number of aromatic nitrogens is 2. The van der Waals surface area contributed by atoms with Crippen molar-refractivity contribution in [3.63, 3.8) is 0 Å². The van der Waals surface area contributed by atoms with E-state index < -0.39 is 0 Å². The summed E-state index contributed by atoms with van der Waals surface area (Å²) in [5, 5.41) is 7.89. The summed E-state index contributed by atoms with van der Waals surface area (Å²) in [6.07, 6.45) is 0.790. The van der Waals surface area contributed by atoms with Gasteiger partial charge in [0.2, 0.25) is 0 Å². The van der Waals surface area contributed by atoms with E-state index in [1.165, 1.54) is 0 Å². The zero-order valence-electron chi connectivity index (χ0n) is 10.9. The van der Waals surface area contributed by atoms with Crippen LogP contribution in [0.5, 0.6) is 0 Å². The second kappa shape index (κ2) is 5.72. The first-order valence-corrected chi connectivity index (χ1v) is 5.75. The van der Waals surface area contributed by atoms with Gasteiger partial charge < -0.3 is 10.6 Å². The summed E-state index contributed by atoms with van der Waals surface area (Å²) in [4.78, 5) is 14.0. The van der Waals surface area contributed by atoms with Crippen LogP contribution < -0.4 is 5.73 Å². The van der Waals surface area contributed by atoms with Crippen molar-refractivity contribution in [2.75, 3.05) is 13.6 Å². The van der Waals surface area contributed by atoms with Crippen molar-refractivity contribution < 1.29 is 4.79 Å². The lowest BCUT2D eigenvalue weighted by Crippen LogP contribution is -2.36. The Morgan fingerprint density at radius 1 is 1.47 bits per heavy atom. The molecule has 0 radical (unpaired) electrons. The summed E-state index contributed by atoms with van der Waals surface area (Å²) in [6, 6.07) is 1.90. The van der Waals surface area contributed by atoms with E-state index in [4.69, 9.17) is 5.73 Å². The number of nitrogens with two attached hydrogens (primary N) is 1. The van der Waals surface area contributed by atoms with E-state index in [1.807, 2.05) is 13.8 Å². The maximum absolute atomic E-state index is 12.3. The zero-order valence-corrected chi connectivity index (χ0v) is 10.9. The van der Waals surface area contributed by atoms with Gasteiger partial charge in [-0.05, 0) is 39.8 Å². The Bertz CT molecular complexity index is 405. The lowest BCUT2D eigenvalue weighted by molar-refractivity contribution is 0.0737. The molecule has 1 unspecified atom stereocenters. The molecule has 94 valence electrons. The number of nitrogens with zero attached hydrogens (tertiary/aromatic N) is 3. The molecule has 1 heterocycles. The molecule has 0 fully saturated rings. The molecule has 1 aromatic rings. The van der Waals surface area contributed by atoms with Gasteiger partial charge in [0.1, 0.15) is 0 Å². The Balaban J connectivity index is 2.92. The third-order valence-corrected chi connectivity index (χ3v) is 2.90. The molecular weight excluding hydrogens is 216 g/mol. The van der Waals surface area contributed by atoms with Crippen LogP contribution in [0.15, 0.2) is 6.07 Å². The van der Waals surface area contributed by atoms with E-state index in [0.29, 0.717) is 17.8 Å². The number of amides is 1. The molecule has 0 aliphatic rings. The SMILES string of the molecule is Cc1cc(C(=O)N(C)C(C)CCN)c(C)nn1. The normalized spacial score (nSPS) is 12.3. The third-order valence-electron chi connectivity index (χ3n) is 2.90. The van der Waals surface area contributed by atoms with Crippen molar-refractivity contribution in [3.05, 3.63) is 23.0 Å². The first-order valence-electron chi connectivity index (χ1n) is 5.75. The van der Waals surface area contributed by atoms with Crippen molar-refractivity contribution in [2.24, 2.45) is 5.73 Å². The van der Waals surface area contributed by atoms with Crippen LogP contribution in [0.3, 0.4) is 0 Å². The highest BCUT2D eigenvalue weighted by molar-refractivity contribution is 5.95. The topological polar surface area (TPSA) is 72.1 Å². The number of carbonyl (C=O) groups is 1. The molecule has 0 saturated carbocycles. The molecule has 17 heavy (non-hydrogen) atoms. The van der Waals surface area contributed by atoms with Gasteiger partial charge in [-0.2, -0.15) is 10.2 Å². The van der Waals surface area contributed by atoms with Crippen molar-refractivity contribution in [1.29, 1.82) is 0 Å². The molecule has 0 aliphatic carbocycles. The largest absolute Gasteiger partial charge is 0.339 e. The Morgan fingerprint density at radius 2 is 2.12 bits per heavy atom. The number of carbonyl (C=O) groups excluding carboxylic acids is 1. The Morgan fingerprint density at radius 3 is 2.71 bits per heavy atom. The molecule has 0 spiro atoms. The average Bonchev–Trinajstić information content (AvgIpc) is 2.30. The third kappa shape index (κ3) is 3.23. The minimum Gasteiger partial charge on any atom is -0.339 e. The summed E-state index contributed by atoms with van der Waals surface area (Å²) in [5.41, 5.74) is 7.52. The van der Waals surface area contributed by atoms with Gasteiger partial charge >= 0.3 is 0 Å². The predicted octanol–water partition coefficient (Wildman–Crippen LogP) is 0.903. The van der Waals surface area contributed by atoms with E-state index in [9.17, 15) is 4.79 Å². The number of hydrogen-bond donors (Lipinski definition) is 1. The second-order valence-electron chi connectivity index (χ2n) is 4.33. The number of aryl methyl sites for hydroxylation is 2. The van der Waals surface area contributed by atoms with Crippen LogP contribution in [0, 0.1) is 13.8 Å². The van der Waals surface area contributed by atoms with Crippen molar-refractivity contribution >= 4 is 5.91 Å². The van der Waals surface area contributed by atoms with Crippen LogP contribution >= 0.6 is 0 Å². The molecule has 5 nitrogen and oxygen atoms in total. The standard InChI is InChI=1S/C12H20N4O/c1-8-7-11(10(3)15-14-8)12(17)16(4)9(2)5-6-13/h7,9H,5-6,13H2,1-4H3. The summed E-state index contributed by atoms with van der Waals surface area (Å²) in [5.74, 6) is -0.0264. The highest BCUT2D eigenvalue weighted by Crippen LogP contribution is 2.11. The van der Waals surface area contributed by atoms with Crippen LogP contribution in [0.1, 0.15) is 35.1 Å². The number of hydrogen-bond acceptors (Lipinski definition) is 4. The van der Waals surface area contributed by atoms with Crippen LogP contribution in [0.2, 0.25) is 0 Å². The van der Waals surface area contributed by atoms with Gasteiger partial charge in [-0.3, -0.25) is 4.79 Å². The Kier molecular flexibility index (Phi) is 4.57. The van der Waals surface area contributed by atoms with Crippen LogP contribution in [-0.4, -0.2) is 40.6 Å². The first-order chi connectivity index (χ1) is 7.97. The van der Waals surface area contributed by atoms with Crippen molar-refractivity contribution in [3.8, 4) is 0 Å².